The molecule has 2 aliphatic heterocycles. The van der Waals surface area contributed by atoms with E-state index in [0.717, 1.165) is 32.5 Å². The molecule has 2 fully saturated rings. The molecule has 1 amide bonds. The summed E-state index contributed by atoms with van der Waals surface area (Å²) in [6.07, 6.45) is 3.63. The fourth-order valence-corrected chi connectivity index (χ4v) is 2.38. The molecule has 4 heteroatoms. The van der Waals surface area contributed by atoms with E-state index in [2.05, 4.69) is 0 Å². The Morgan fingerprint density at radius 1 is 1.26 bits per heavy atom. The van der Waals surface area contributed by atoms with Crippen molar-refractivity contribution in [1.29, 1.82) is 0 Å². The van der Waals surface area contributed by atoms with Crippen LogP contribution in [0.1, 0.15) is 29.6 Å². The van der Waals surface area contributed by atoms with Crippen LogP contribution in [0.5, 0.6) is 5.75 Å². The number of hydrogen-bond donors (Lipinski definition) is 0. The molecule has 1 aromatic rings. The van der Waals surface area contributed by atoms with Gasteiger partial charge < -0.3 is 14.4 Å². The van der Waals surface area contributed by atoms with E-state index in [1.54, 1.807) is 0 Å². The van der Waals surface area contributed by atoms with E-state index in [1.807, 2.05) is 29.2 Å². The summed E-state index contributed by atoms with van der Waals surface area (Å²) in [5.74, 6) is 0.764. The number of ether oxygens (including phenoxy) is 2. The number of para-hydroxylation sites is 1. The van der Waals surface area contributed by atoms with E-state index < -0.39 is 0 Å². The smallest absolute Gasteiger partial charge is 0.257 e. The zero-order valence-corrected chi connectivity index (χ0v) is 11.0. The molecule has 1 unspecified atom stereocenters. The van der Waals surface area contributed by atoms with Gasteiger partial charge >= 0.3 is 0 Å². The minimum Gasteiger partial charge on any atom is -0.490 e. The standard InChI is InChI=1S/C15H19NO3/c17-15(16-8-4-1-5-9-16)13-6-2-3-7-14(13)19-11-12-10-18-12/h2-3,6-7,12H,1,4-5,8-11H2. The lowest BCUT2D eigenvalue weighted by molar-refractivity contribution is 0.0719. The fourth-order valence-electron chi connectivity index (χ4n) is 2.38. The average molecular weight is 261 g/mol. The van der Waals surface area contributed by atoms with Crippen LogP contribution in [0.4, 0.5) is 0 Å². The highest BCUT2D eigenvalue weighted by atomic mass is 16.6. The summed E-state index contributed by atoms with van der Waals surface area (Å²) in [5, 5.41) is 0. The van der Waals surface area contributed by atoms with Crippen molar-refractivity contribution in [3.05, 3.63) is 29.8 Å². The molecule has 0 radical (unpaired) electrons. The molecule has 19 heavy (non-hydrogen) atoms. The van der Waals surface area contributed by atoms with Gasteiger partial charge in [0.05, 0.1) is 12.2 Å². The second-order valence-corrected chi connectivity index (χ2v) is 5.12. The normalized spacial score (nSPS) is 22.1. The molecule has 4 nitrogen and oxygen atoms in total. The van der Waals surface area contributed by atoms with Crippen LogP contribution in [-0.2, 0) is 4.74 Å². The summed E-state index contributed by atoms with van der Waals surface area (Å²) in [6, 6.07) is 7.49. The van der Waals surface area contributed by atoms with Crippen LogP contribution >= 0.6 is 0 Å². The van der Waals surface area contributed by atoms with Gasteiger partial charge in [-0.15, -0.1) is 0 Å². The van der Waals surface area contributed by atoms with Crippen LogP contribution < -0.4 is 4.74 Å². The van der Waals surface area contributed by atoms with Gasteiger partial charge in [0.1, 0.15) is 18.5 Å². The number of likely N-dealkylation sites (tertiary alicyclic amines) is 1. The van der Waals surface area contributed by atoms with E-state index in [0.29, 0.717) is 17.9 Å². The molecule has 2 heterocycles. The molecular weight excluding hydrogens is 242 g/mol. The molecule has 2 aliphatic rings. The predicted octanol–water partition coefficient (Wildman–Crippen LogP) is 2.09. The molecule has 0 aliphatic carbocycles. The van der Waals surface area contributed by atoms with Crippen molar-refractivity contribution in [1.82, 2.24) is 4.90 Å². The number of epoxide rings is 1. The van der Waals surface area contributed by atoms with Gasteiger partial charge in [-0.2, -0.15) is 0 Å². The number of carbonyl (C=O) groups excluding carboxylic acids is 1. The van der Waals surface area contributed by atoms with Gasteiger partial charge in [0.25, 0.3) is 5.91 Å². The lowest BCUT2D eigenvalue weighted by Crippen LogP contribution is -2.35. The van der Waals surface area contributed by atoms with Crippen LogP contribution in [-0.4, -0.2) is 43.2 Å². The molecule has 0 spiro atoms. The summed E-state index contributed by atoms with van der Waals surface area (Å²) in [6.45, 7) is 3.02. The van der Waals surface area contributed by atoms with Crippen LogP contribution in [0, 0.1) is 0 Å². The number of piperidine rings is 1. The fraction of sp³-hybridized carbons (Fsp3) is 0.533. The van der Waals surface area contributed by atoms with Crippen molar-refractivity contribution in [2.75, 3.05) is 26.3 Å². The summed E-state index contributed by atoms with van der Waals surface area (Å²) in [7, 11) is 0. The minimum atomic E-state index is 0.0898. The maximum Gasteiger partial charge on any atom is 0.257 e. The van der Waals surface area contributed by atoms with Crippen molar-refractivity contribution >= 4 is 5.91 Å². The first-order chi connectivity index (χ1) is 9.34. The summed E-state index contributed by atoms with van der Waals surface area (Å²) in [5.41, 5.74) is 0.671. The Bertz CT molecular complexity index is 450. The van der Waals surface area contributed by atoms with Crippen molar-refractivity contribution in [3.63, 3.8) is 0 Å². The quantitative estimate of drug-likeness (QED) is 0.779. The highest BCUT2D eigenvalue weighted by Gasteiger charge is 2.25. The maximum absolute atomic E-state index is 12.5. The molecule has 0 N–H and O–H groups in total. The van der Waals surface area contributed by atoms with Crippen LogP contribution in [0.15, 0.2) is 24.3 Å². The van der Waals surface area contributed by atoms with E-state index in [4.69, 9.17) is 9.47 Å². The number of carbonyl (C=O) groups is 1. The van der Waals surface area contributed by atoms with Gasteiger partial charge in [-0.05, 0) is 31.4 Å². The number of benzene rings is 1. The number of hydrogen-bond acceptors (Lipinski definition) is 3. The van der Waals surface area contributed by atoms with Gasteiger partial charge in [0.15, 0.2) is 0 Å². The Hall–Kier alpha value is -1.55. The molecule has 0 saturated carbocycles. The van der Waals surface area contributed by atoms with Gasteiger partial charge in [-0.3, -0.25) is 4.79 Å². The molecule has 102 valence electrons. The molecule has 3 rings (SSSR count). The molecular formula is C15H19NO3. The van der Waals surface area contributed by atoms with Crippen LogP contribution in [0.25, 0.3) is 0 Å². The van der Waals surface area contributed by atoms with Crippen molar-refractivity contribution < 1.29 is 14.3 Å². The van der Waals surface area contributed by atoms with Crippen LogP contribution in [0.3, 0.4) is 0 Å². The third kappa shape index (κ3) is 3.07. The molecule has 2 saturated heterocycles. The molecule has 0 aromatic heterocycles. The Labute approximate surface area is 113 Å². The summed E-state index contributed by atoms with van der Waals surface area (Å²) >= 11 is 0. The Morgan fingerprint density at radius 2 is 2.00 bits per heavy atom. The maximum atomic E-state index is 12.5. The highest BCUT2D eigenvalue weighted by Crippen LogP contribution is 2.23. The Balaban J connectivity index is 1.72. The van der Waals surface area contributed by atoms with Crippen molar-refractivity contribution in [2.45, 2.75) is 25.4 Å². The second kappa shape index (κ2) is 5.61. The van der Waals surface area contributed by atoms with Crippen molar-refractivity contribution in [3.8, 4) is 5.75 Å². The first kappa shape index (κ1) is 12.5. The average Bonchev–Trinajstić information content (AvgIpc) is 3.30. The van der Waals surface area contributed by atoms with Gasteiger partial charge in [-0.25, -0.2) is 0 Å². The largest absolute Gasteiger partial charge is 0.490 e. The first-order valence-corrected chi connectivity index (χ1v) is 6.97. The Kier molecular flexibility index (Phi) is 3.69. The summed E-state index contributed by atoms with van der Waals surface area (Å²) in [4.78, 5) is 14.4. The van der Waals surface area contributed by atoms with Gasteiger partial charge in [0, 0.05) is 13.1 Å². The summed E-state index contributed by atoms with van der Waals surface area (Å²) < 4.78 is 10.8. The van der Waals surface area contributed by atoms with Gasteiger partial charge in [0.2, 0.25) is 0 Å². The van der Waals surface area contributed by atoms with E-state index in [9.17, 15) is 4.79 Å². The second-order valence-electron chi connectivity index (χ2n) is 5.12. The highest BCUT2D eigenvalue weighted by molar-refractivity contribution is 5.97. The zero-order valence-electron chi connectivity index (χ0n) is 11.0. The zero-order chi connectivity index (χ0) is 13.1. The molecule has 1 atom stereocenters. The number of amides is 1. The lowest BCUT2D eigenvalue weighted by Gasteiger charge is -2.27. The van der Waals surface area contributed by atoms with Crippen molar-refractivity contribution in [2.24, 2.45) is 0 Å². The Morgan fingerprint density at radius 3 is 2.74 bits per heavy atom. The third-order valence-electron chi connectivity index (χ3n) is 3.59. The monoisotopic (exact) mass is 261 g/mol. The lowest BCUT2D eigenvalue weighted by atomic mass is 10.1. The minimum absolute atomic E-state index is 0.0898. The van der Waals surface area contributed by atoms with Crippen LogP contribution in [0.2, 0.25) is 0 Å². The number of rotatable bonds is 4. The van der Waals surface area contributed by atoms with Gasteiger partial charge in [-0.1, -0.05) is 12.1 Å². The SMILES string of the molecule is O=C(c1ccccc1OCC1CO1)N1CCCCC1. The predicted molar refractivity (Wildman–Crippen MR) is 71.4 cm³/mol. The third-order valence-corrected chi connectivity index (χ3v) is 3.59. The topological polar surface area (TPSA) is 42.1 Å². The van der Waals surface area contributed by atoms with E-state index in [1.165, 1.54) is 6.42 Å². The molecule has 0 bridgehead atoms. The van der Waals surface area contributed by atoms with E-state index >= 15 is 0 Å². The molecule has 1 aromatic carbocycles. The first-order valence-electron chi connectivity index (χ1n) is 6.97. The number of nitrogens with zero attached hydrogens (tertiary/aromatic N) is 1. The van der Waals surface area contributed by atoms with E-state index in [-0.39, 0.29) is 12.0 Å².